The molecule has 0 aliphatic carbocycles. The summed E-state index contributed by atoms with van der Waals surface area (Å²) in [5, 5.41) is 2.09. The first kappa shape index (κ1) is 17.1. The number of nitrogens with zero attached hydrogens (tertiary/aromatic N) is 1. The number of rotatable bonds is 4. The summed E-state index contributed by atoms with van der Waals surface area (Å²) < 4.78 is 44.2. The lowest BCUT2D eigenvalue weighted by Crippen LogP contribution is -2.13. The van der Waals surface area contributed by atoms with Crippen LogP contribution in [0.3, 0.4) is 0 Å². The first-order valence-corrected chi connectivity index (χ1v) is 9.30. The van der Waals surface area contributed by atoms with Crippen LogP contribution in [-0.2, 0) is 10.9 Å². The third-order valence-corrected chi connectivity index (χ3v) is 6.29. The molecule has 0 radical (unpaired) electrons. The topological polar surface area (TPSA) is 39.2 Å². The lowest BCUT2D eigenvalue weighted by molar-refractivity contribution is -0.141. The van der Waals surface area contributed by atoms with Gasteiger partial charge in [-0.05, 0) is 30.5 Å². The van der Waals surface area contributed by atoms with Crippen molar-refractivity contribution in [1.29, 1.82) is 0 Å². The van der Waals surface area contributed by atoms with E-state index >= 15 is 0 Å². The Hall–Kier alpha value is -1.71. The zero-order valence-electron chi connectivity index (χ0n) is 12.2. The van der Waals surface area contributed by atoms with Gasteiger partial charge in [-0.2, -0.15) is 13.2 Å². The molecule has 3 aromatic rings. The largest absolute Gasteiger partial charge is 0.462 e. The minimum absolute atomic E-state index is 0.00485. The van der Waals surface area contributed by atoms with E-state index < -0.39 is 22.7 Å². The zero-order chi connectivity index (χ0) is 17.3. The molecule has 0 spiro atoms. The highest BCUT2D eigenvalue weighted by Gasteiger charge is 2.40. The highest BCUT2D eigenvalue weighted by Crippen LogP contribution is 2.42. The van der Waals surface area contributed by atoms with Crippen LogP contribution in [0.4, 0.5) is 13.2 Å². The van der Waals surface area contributed by atoms with Gasteiger partial charge in [-0.25, -0.2) is 9.78 Å². The summed E-state index contributed by atoms with van der Waals surface area (Å²) in [5.74, 6) is -0.997. The molecule has 0 N–H and O–H groups in total. The second-order valence-corrected chi connectivity index (χ2v) is 7.59. The predicted molar refractivity (Wildman–Crippen MR) is 89.7 cm³/mol. The van der Waals surface area contributed by atoms with Crippen molar-refractivity contribution < 1.29 is 22.7 Å². The molecule has 3 aromatic heterocycles. The van der Waals surface area contributed by atoms with Crippen molar-refractivity contribution in [2.45, 2.75) is 13.1 Å². The third-order valence-electron chi connectivity index (χ3n) is 2.94. The van der Waals surface area contributed by atoms with Crippen molar-refractivity contribution in [3.05, 3.63) is 40.2 Å². The first-order chi connectivity index (χ1) is 11.4. The number of carbonyl (C=O) groups excluding carboxylic acids is 1. The third kappa shape index (κ3) is 3.38. The Kier molecular flexibility index (Phi) is 4.75. The highest BCUT2D eigenvalue weighted by molar-refractivity contribution is 7.26. The molecule has 0 bridgehead atoms. The number of ether oxygens (including phenoxy) is 1. The molecular weight excluding hydrogens is 379 g/mol. The van der Waals surface area contributed by atoms with Crippen molar-refractivity contribution in [2.75, 3.05) is 6.61 Å². The van der Waals surface area contributed by atoms with Crippen LogP contribution in [0.1, 0.15) is 22.3 Å². The van der Waals surface area contributed by atoms with E-state index in [0.717, 1.165) is 9.75 Å². The number of esters is 1. The van der Waals surface area contributed by atoms with E-state index in [-0.39, 0.29) is 11.6 Å². The predicted octanol–water partition coefficient (Wildman–Crippen LogP) is 5.80. The molecule has 0 saturated heterocycles. The monoisotopic (exact) mass is 389 g/mol. The van der Waals surface area contributed by atoms with Crippen molar-refractivity contribution in [1.82, 2.24) is 4.98 Å². The minimum Gasteiger partial charge on any atom is -0.462 e. The number of thiazole rings is 1. The molecule has 9 heteroatoms. The molecule has 0 aliphatic heterocycles. The van der Waals surface area contributed by atoms with Crippen LogP contribution in [0.15, 0.2) is 29.6 Å². The lowest BCUT2D eigenvalue weighted by Gasteiger charge is -2.05. The Balaban J connectivity index is 2.01. The van der Waals surface area contributed by atoms with Gasteiger partial charge < -0.3 is 4.74 Å². The maximum atomic E-state index is 13.1. The molecule has 0 unspecified atom stereocenters. The number of carbonyl (C=O) groups is 1. The second-order valence-electron chi connectivity index (χ2n) is 4.56. The minimum atomic E-state index is -4.70. The van der Waals surface area contributed by atoms with Gasteiger partial charge in [-0.15, -0.1) is 34.0 Å². The molecule has 3 rings (SSSR count). The van der Waals surface area contributed by atoms with E-state index in [2.05, 4.69) is 4.98 Å². The van der Waals surface area contributed by atoms with E-state index in [1.54, 1.807) is 24.3 Å². The average Bonchev–Trinajstić information content (AvgIpc) is 3.25. The van der Waals surface area contributed by atoms with Gasteiger partial charge in [0, 0.05) is 9.75 Å². The van der Waals surface area contributed by atoms with Crippen molar-refractivity contribution >= 4 is 40.0 Å². The normalized spacial score (nSPS) is 11.7. The Morgan fingerprint density at radius 1 is 1.17 bits per heavy atom. The summed E-state index contributed by atoms with van der Waals surface area (Å²) in [6.07, 6.45) is -4.70. The number of alkyl halides is 3. The molecule has 0 amide bonds. The highest BCUT2D eigenvalue weighted by atomic mass is 32.1. The Bertz CT molecular complexity index is 850. The van der Waals surface area contributed by atoms with Gasteiger partial charge in [0.2, 0.25) is 0 Å². The van der Waals surface area contributed by atoms with Gasteiger partial charge in [0.15, 0.2) is 5.69 Å². The van der Waals surface area contributed by atoms with Gasteiger partial charge in [0.25, 0.3) is 0 Å². The number of halogens is 3. The fourth-order valence-electron chi connectivity index (χ4n) is 1.96. The van der Waals surface area contributed by atoms with E-state index in [9.17, 15) is 18.0 Å². The first-order valence-electron chi connectivity index (χ1n) is 6.79. The van der Waals surface area contributed by atoms with Crippen molar-refractivity contribution in [2.24, 2.45) is 0 Å². The SMILES string of the molecule is CCOC(=O)c1sc(-c2ccc(-c3cccs3)s2)nc1C(F)(F)F. The Morgan fingerprint density at radius 2 is 1.92 bits per heavy atom. The Morgan fingerprint density at radius 3 is 2.54 bits per heavy atom. The number of hydrogen-bond acceptors (Lipinski definition) is 6. The molecule has 0 aromatic carbocycles. The number of thiophene rings is 2. The van der Waals surface area contributed by atoms with Gasteiger partial charge in [0.05, 0.1) is 11.5 Å². The van der Waals surface area contributed by atoms with Crippen molar-refractivity contribution in [3.63, 3.8) is 0 Å². The summed E-state index contributed by atoms with van der Waals surface area (Å²) in [4.78, 5) is 17.5. The van der Waals surface area contributed by atoms with Crippen LogP contribution in [0.5, 0.6) is 0 Å². The van der Waals surface area contributed by atoms with Crippen LogP contribution in [0, 0.1) is 0 Å². The summed E-state index contributed by atoms with van der Waals surface area (Å²) >= 11 is 3.59. The molecule has 3 nitrogen and oxygen atoms in total. The average molecular weight is 389 g/mol. The zero-order valence-corrected chi connectivity index (χ0v) is 14.7. The second kappa shape index (κ2) is 6.66. The molecule has 24 heavy (non-hydrogen) atoms. The van der Waals surface area contributed by atoms with Gasteiger partial charge >= 0.3 is 12.1 Å². The maximum Gasteiger partial charge on any atom is 0.435 e. The molecule has 0 aliphatic rings. The van der Waals surface area contributed by atoms with E-state index in [0.29, 0.717) is 16.2 Å². The summed E-state index contributed by atoms with van der Waals surface area (Å²) in [7, 11) is 0. The fourth-order valence-corrected chi connectivity index (χ4v) is 4.83. The van der Waals surface area contributed by atoms with Crippen LogP contribution < -0.4 is 0 Å². The number of hydrogen-bond donors (Lipinski definition) is 0. The van der Waals surface area contributed by atoms with Crippen LogP contribution in [0.2, 0.25) is 0 Å². The standard InChI is InChI=1S/C15H10F3NO2S3/c1-2-21-14(20)11-12(15(16,17)18)19-13(24-11)10-6-5-9(23-10)8-4-3-7-22-8/h3-7H,2H2,1H3. The van der Waals surface area contributed by atoms with Crippen LogP contribution in [0.25, 0.3) is 19.6 Å². The molecule has 3 heterocycles. The molecule has 0 atom stereocenters. The van der Waals surface area contributed by atoms with Gasteiger partial charge in [-0.1, -0.05) is 6.07 Å². The quantitative estimate of drug-likeness (QED) is 0.530. The molecule has 0 fully saturated rings. The van der Waals surface area contributed by atoms with E-state index in [1.807, 2.05) is 23.6 Å². The summed E-state index contributed by atoms with van der Waals surface area (Å²) in [5.41, 5.74) is -1.19. The molecular formula is C15H10F3NO2S3. The van der Waals surface area contributed by atoms with Crippen LogP contribution >= 0.6 is 34.0 Å². The number of aromatic nitrogens is 1. The smallest absolute Gasteiger partial charge is 0.435 e. The summed E-state index contributed by atoms with van der Waals surface area (Å²) in [6, 6.07) is 7.40. The molecule has 126 valence electrons. The van der Waals surface area contributed by atoms with E-state index in [4.69, 9.17) is 4.74 Å². The van der Waals surface area contributed by atoms with Crippen molar-refractivity contribution in [3.8, 4) is 19.6 Å². The fraction of sp³-hybridized carbons (Fsp3) is 0.200. The van der Waals surface area contributed by atoms with Gasteiger partial charge in [-0.3, -0.25) is 0 Å². The lowest BCUT2D eigenvalue weighted by atomic mass is 10.3. The molecule has 0 saturated carbocycles. The van der Waals surface area contributed by atoms with Gasteiger partial charge in [0.1, 0.15) is 9.88 Å². The van der Waals surface area contributed by atoms with Crippen LogP contribution in [-0.4, -0.2) is 17.6 Å². The Labute approximate surface area is 147 Å². The maximum absolute atomic E-state index is 13.1. The van der Waals surface area contributed by atoms with E-state index in [1.165, 1.54) is 11.3 Å². The summed E-state index contributed by atoms with van der Waals surface area (Å²) in [6.45, 7) is 1.55.